The first kappa shape index (κ1) is 13.5. The molecular weight excluding hydrogens is 246 g/mol. The van der Waals surface area contributed by atoms with E-state index in [1.807, 2.05) is 0 Å². The SMILES string of the molecule is CC(CNc1cc([N+](=O)[O-])cc(N)n1)N1CCCC1. The molecule has 1 unspecified atom stereocenters. The third-order valence-corrected chi connectivity index (χ3v) is 3.38. The molecule has 0 aliphatic carbocycles. The van der Waals surface area contributed by atoms with Crippen LogP contribution in [0.2, 0.25) is 0 Å². The monoisotopic (exact) mass is 265 g/mol. The number of hydrogen-bond donors (Lipinski definition) is 2. The third-order valence-electron chi connectivity index (χ3n) is 3.38. The van der Waals surface area contributed by atoms with E-state index in [-0.39, 0.29) is 11.5 Å². The van der Waals surface area contributed by atoms with E-state index in [9.17, 15) is 10.1 Å². The molecule has 1 aliphatic heterocycles. The zero-order valence-electron chi connectivity index (χ0n) is 11.0. The fourth-order valence-electron chi connectivity index (χ4n) is 2.30. The van der Waals surface area contributed by atoms with Crippen molar-refractivity contribution in [3.05, 3.63) is 22.2 Å². The minimum Gasteiger partial charge on any atom is -0.383 e. The molecule has 3 N–H and O–H groups in total. The molecule has 1 aliphatic rings. The number of aromatic nitrogens is 1. The van der Waals surface area contributed by atoms with Crippen LogP contribution in [0.3, 0.4) is 0 Å². The number of nitrogens with two attached hydrogens (primary N) is 1. The van der Waals surface area contributed by atoms with Gasteiger partial charge in [0, 0.05) is 12.6 Å². The highest BCUT2D eigenvalue weighted by atomic mass is 16.6. The molecule has 7 heteroatoms. The number of nitrogens with one attached hydrogen (secondary N) is 1. The predicted molar refractivity (Wildman–Crippen MR) is 74.1 cm³/mol. The van der Waals surface area contributed by atoms with Crippen molar-refractivity contribution in [1.82, 2.24) is 9.88 Å². The molecule has 1 aromatic heterocycles. The standard InChI is InChI=1S/C12H19N5O2/c1-9(16-4-2-3-5-16)8-14-12-7-10(17(18)19)6-11(13)15-12/h6-7,9H,2-5,8H2,1H3,(H3,13,14,15). The quantitative estimate of drug-likeness (QED) is 0.618. The maximum Gasteiger partial charge on any atom is 0.276 e. The van der Waals surface area contributed by atoms with Gasteiger partial charge in [-0.05, 0) is 32.9 Å². The average molecular weight is 265 g/mol. The van der Waals surface area contributed by atoms with Gasteiger partial charge in [0.2, 0.25) is 0 Å². The maximum absolute atomic E-state index is 10.7. The molecule has 7 nitrogen and oxygen atoms in total. The Morgan fingerprint density at radius 3 is 2.84 bits per heavy atom. The minimum absolute atomic E-state index is 0.0381. The van der Waals surface area contributed by atoms with Gasteiger partial charge in [-0.25, -0.2) is 4.98 Å². The Bertz CT molecular complexity index is 459. The van der Waals surface area contributed by atoms with E-state index < -0.39 is 4.92 Å². The van der Waals surface area contributed by atoms with Crippen LogP contribution in [-0.4, -0.2) is 40.5 Å². The summed E-state index contributed by atoms with van der Waals surface area (Å²) in [6, 6.07) is 3.05. The third kappa shape index (κ3) is 3.54. The lowest BCUT2D eigenvalue weighted by molar-refractivity contribution is -0.384. The predicted octanol–water partition coefficient (Wildman–Crippen LogP) is 1.47. The van der Waals surface area contributed by atoms with Crippen LogP contribution in [-0.2, 0) is 0 Å². The number of pyridine rings is 1. The van der Waals surface area contributed by atoms with Crippen LogP contribution in [0.1, 0.15) is 19.8 Å². The van der Waals surface area contributed by atoms with Gasteiger partial charge in [0.1, 0.15) is 11.6 Å². The molecule has 19 heavy (non-hydrogen) atoms. The van der Waals surface area contributed by atoms with Crippen molar-refractivity contribution in [1.29, 1.82) is 0 Å². The van der Waals surface area contributed by atoms with Gasteiger partial charge in [-0.1, -0.05) is 0 Å². The molecule has 104 valence electrons. The molecule has 0 bridgehead atoms. The molecule has 0 aromatic carbocycles. The van der Waals surface area contributed by atoms with Crippen LogP contribution in [0.15, 0.2) is 12.1 Å². The minimum atomic E-state index is -0.465. The summed E-state index contributed by atoms with van der Waals surface area (Å²) in [4.78, 5) is 16.7. The lowest BCUT2D eigenvalue weighted by Gasteiger charge is -2.24. The lowest BCUT2D eigenvalue weighted by atomic mass is 10.3. The highest BCUT2D eigenvalue weighted by molar-refractivity contribution is 5.52. The Kier molecular flexibility index (Phi) is 4.16. The second-order valence-corrected chi connectivity index (χ2v) is 4.87. The first-order chi connectivity index (χ1) is 9.06. The number of nitro groups is 1. The van der Waals surface area contributed by atoms with Crippen LogP contribution in [0.5, 0.6) is 0 Å². The topological polar surface area (TPSA) is 97.3 Å². The van der Waals surface area contributed by atoms with Crippen molar-refractivity contribution in [3.8, 4) is 0 Å². The van der Waals surface area contributed by atoms with Gasteiger partial charge >= 0.3 is 0 Å². The van der Waals surface area contributed by atoms with Crippen LogP contribution < -0.4 is 11.1 Å². The molecule has 1 aromatic rings. The smallest absolute Gasteiger partial charge is 0.276 e. The Morgan fingerprint density at radius 1 is 1.53 bits per heavy atom. The summed E-state index contributed by atoms with van der Waals surface area (Å²) in [6.45, 7) is 5.08. The van der Waals surface area contributed by atoms with Gasteiger partial charge in [0.25, 0.3) is 5.69 Å². The van der Waals surface area contributed by atoms with Crippen molar-refractivity contribution in [2.75, 3.05) is 30.7 Å². The maximum atomic E-state index is 10.7. The zero-order valence-corrected chi connectivity index (χ0v) is 11.0. The van der Waals surface area contributed by atoms with Crippen LogP contribution >= 0.6 is 0 Å². The second-order valence-electron chi connectivity index (χ2n) is 4.87. The highest BCUT2D eigenvalue weighted by Gasteiger charge is 2.18. The summed E-state index contributed by atoms with van der Waals surface area (Å²) in [5.74, 6) is 0.614. The van der Waals surface area contributed by atoms with E-state index in [2.05, 4.69) is 22.1 Å². The number of likely N-dealkylation sites (tertiary alicyclic amines) is 1. The molecule has 2 heterocycles. The summed E-state index contributed by atoms with van der Waals surface area (Å²) in [5, 5.41) is 13.9. The molecular formula is C12H19N5O2. The van der Waals surface area contributed by atoms with Gasteiger partial charge in [0.15, 0.2) is 0 Å². The van der Waals surface area contributed by atoms with Gasteiger partial charge < -0.3 is 11.1 Å². The molecule has 0 spiro atoms. The Morgan fingerprint density at radius 2 is 2.21 bits per heavy atom. The average Bonchev–Trinajstić information content (AvgIpc) is 2.89. The largest absolute Gasteiger partial charge is 0.383 e. The van der Waals surface area contributed by atoms with Crippen LogP contribution in [0.4, 0.5) is 17.3 Å². The van der Waals surface area contributed by atoms with E-state index in [0.29, 0.717) is 18.4 Å². The van der Waals surface area contributed by atoms with Gasteiger partial charge in [0.05, 0.1) is 17.1 Å². The fourth-order valence-corrected chi connectivity index (χ4v) is 2.30. The summed E-state index contributed by atoms with van der Waals surface area (Å²) in [5.41, 5.74) is 5.52. The summed E-state index contributed by atoms with van der Waals surface area (Å²) in [6.07, 6.45) is 2.48. The molecule has 1 fully saturated rings. The number of hydrogen-bond acceptors (Lipinski definition) is 6. The van der Waals surface area contributed by atoms with Gasteiger partial charge in [-0.15, -0.1) is 0 Å². The molecule has 0 saturated carbocycles. The van der Waals surface area contributed by atoms with E-state index in [4.69, 9.17) is 5.73 Å². The first-order valence-electron chi connectivity index (χ1n) is 6.46. The van der Waals surface area contributed by atoms with Crippen molar-refractivity contribution in [3.63, 3.8) is 0 Å². The van der Waals surface area contributed by atoms with Crippen LogP contribution in [0.25, 0.3) is 0 Å². The van der Waals surface area contributed by atoms with Crippen molar-refractivity contribution < 1.29 is 4.92 Å². The summed E-state index contributed by atoms with van der Waals surface area (Å²) in [7, 11) is 0. The van der Waals surface area contributed by atoms with Crippen molar-refractivity contribution >= 4 is 17.3 Å². The normalized spacial score (nSPS) is 17.3. The van der Waals surface area contributed by atoms with Crippen molar-refractivity contribution in [2.24, 2.45) is 0 Å². The number of anilines is 2. The molecule has 0 amide bonds. The second kappa shape index (κ2) is 5.83. The van der Waals surface area contributed by atoms with E-state index in [0.717, 1.165) is 13.1 Å². The lowest BCUT2D eigenvalue weighted by Crippen LogP contribution is -2.35. The Labute approximate surface area is 112 Å². The molecule has 2 rings (SSSR count). The van der Waals surface area contributed by atoms with E-state index in [1.54, 1.807) is 0 Å². The van der Waals surface area contributed by atoms with Gasteiger partial charge in [-0.2, -0.15) is 0 Å². The zero-order chi connectivity index (χ0) is 13.8. The number of nitrogen functional groups attached to an aromatic ring is 1. The fraction of sp³-hybridized carbons (Fsp3) is 0.583. The number of nitrogens with zero attached hydrogens (tertiary/aromatic N) is 3. The van der Waals surface area contributed by atoms with Gasteiger partial charge in [-0.3, -0.25) is 15.0 Å². The summed E-state index contributed by atoms with van der Waals surface area (Å²) >= 11 is 0. The molecule has 0 radical (unpaired) electrons. The Balaban J connectivity index is 1.96. The van der Waals surface area contributed by atoms with E-state index >= 15 is 0 Å². The summed E-state index contributed by atoms with van der Waals surface area (Å²) < 4.78 is 0. The van der Waals surface area contributed by atoms with E-state index in [1.165, 1.54) is 25.0 Å². The molecule has 1 atom stereocenters. The Hall–Kier alpha value is -1.89. The highest BCUT2D eigenvalue weighted by Crippen LogP contribution is 2.19. The molecule has 1 saturated heterocycles. The number of rotatable bonds is 5. The first-order valence-corrected chi connectivity index (χ1v) is 6.46. The van der Waals surface area contributed by atoms with Crippen molar-refractivity contribution in [2.45, 2.75) is 25.8 Å². The van der Waals surface area contributed by atoms with Crippen LogP contribution in [0, 0.1) is 10.1 Å².